The summed E-state index contributed by atoms with van der Waals surface area (Å²) in [6, 6.07) is 21.4. The van der Waals surface area contributed by atoms with Crippen LogP contribution in [0, 0.1) is 6.92 Å². The average molecular weight is 412 g/mol. The smallest absolute Gasteiger partial charge is 0.106 e. The van der Waals surface area contributed by atoms with Crippen molar-refractivity contribution in [2.75, 3.05) is 13.6 Å². The first-order valence-corrected chi connectivity index (χ1v) is 11.0. The SMILES string of the molecule is Cc1ccc2c(c1)c1c(n2CC(C)(O)c2cccnc2)C(c2ccccc2)N(C)CC1. The number of pyridine rings is 1. The molecule has 2 aromatic heterocycles. The zero-order chi connectivity index (χ0) is 21.6. The lowest BCUT2D eigenvalue weighted by atomic mass is 9.92. The van der Waals surface area contributed by atoms with Crippen molar-refractivity contribution in [3.8, 4) is 0 Å². The lowest BCUT2D eigenvalue weighted by Gasteiger charge is -2.36. The number of benzene rings is 2. The number of nitrogens with zero attached hydrogens (tertiary/aromatic N) is 3. The molecule has 0 saturated carbocycles. The summed E-state index contributed by atoms with van der Waals surface area (Å²) < 4.78 is 2.35. The fraction of sp³-hybridized carbons (Fsp3) is 0.296. The molecule has 2 aromatic carbocycles. The van der Waals surface area contributed by atoms with Gasteiger partial charge in [0.1, 0.15) is 5.60 Å². The van der Waals surface area contributed by atoms with Gasteiger partial charge in [-0.3, -0.25) is 9.88 Å². The molecule has 1 aliphatic heterocycles. The largest absolute Gasteiger partial charge is 0.384 e. The summed E-state index contributed by atoms with van der Waals surface area (Å²) in [6.45, 7) is 5.53. The van der Waals surface area contributed by atoms with Crippen LogP contribution >= 0.6 is 0 Å². The Morgan fingerprint density at radius 1 is 1.10 bits per heavy atom. The summed E-state index contributed by atoms with van der Waals surface area (Å²) >= 11 is 0. The maximum Gasteiger partial charge on any atom is 0.106 e. The summed E-state index contributed by atoms with van der Waals surface area (Å²) in [5.74, 6) is 0. The first kappa shape index (κ1) is 20.0. The van der Waals surface area contributed by atoms with Crippen LogP contribution in [0.15, 0.2) is 73.1 Å². The highest BCUT2D eigenvalue weighted by molar-refractivity contribution is 5.87. The highest BCUT2D eigenvalue weighted by Crippen LogP contribution is 2.41. The third kappa shape index (κ3) is 3.46. The molecular formula is C27H29N3O. The van der Waals surface area contributed by atoms with Gasteiger partial charge in [0.15, 0.2) is 0 Å². The molecule has 158 valence electrons. The van der Waals surface area contributed by atoms with Gasteiger partial charge in [0, 0.05) is 41.1 Å². The number of aliphatic hydroxyl groups is 1. The number of hydrogen-bond donors (Lipinski definition) is 1. The van der Waals surface area contributed by atoms with Crippen molar-refractivity contribution in [3.05, 3.63) is 101 Å². The lowest BCUT2D eigenvalue weighted by Crippen LogP contribution is -2.36. The maximum atomic E-state index is 11.5. The zero-order valence-electron chi connectivity index (χ0n) is 18.4. The summed E-state index contributed by atoms with van der Waals surface area (Å²) in [7, 11) is 2.20. The van der Waals surface area contributed by atoms with Crippen molar-refractivity contribution in [1.82, 2.24) is 14.5 Å². The van der Waals surface area contributed by atoms with Crippen LogP contribution in [0.5, 0.6) is 0 Å². The molecule has 2 atom stereocenters. The Morgan fingerprint density at radius 2 is 1.90 bits per heavy atom. The van der Waals surface area contributed by atoms with E-state index in [0.717, 1.165) is 18.5 Å². The van der Waals surface area contributed by atoms with Crippen molar-refractivity contribution in [2.45, 2.75) is 38.5 Å². The van der Waals surface area contributed by atoms with Gasteiger partial charge >= 0.3 is 0 Å². The number of aryl methyl sites for hydroxylation is 1. The molecule has 0 fully saturated rings. The number of hydrogen-bond acceptors (Lipinski definition) is 3. The lowest BCUT2D eigenvalue weighted by molar-refractivity contribution is 0.0373. The summed E-state index contributed by atoms with van der Waals surface area (Å²) in [4.78, 5) is 6.67. The van der Waals surface area contributed by atoms with E-state index in [2.05, 4.69) is 77.0 Å². The van der Waals surface area contributed by atoms with E-state index < -0.39 is 5.60 Å². The average Bonchev–Trinajstić information content (AvgIpc) is 3.07. The van der Waals surface area contributed by atoms with E-state index in [1.165, 1.54) is 33.3 Å². The van der Waals surface area contributed by atoms with E-state index in [-0.39, 0.29) is 6.04 Å². The van der Waals surface area contributed by atoms with E-state index in [4.69, 9.17) is 0 Å². The first-order chi connectivity index (χ1) is 15.0. The van der Waals surface area contributed by atoms with Gasteiger partial charge in [-0.2, -0.15) is 0 Å². The quantitative estimate of drug-likeness (QED) is 0.523. The Bertz CT molecular complexity index is 1210. The molecule has 0 radical (unpaired) electrons. The molecule has 4 aromatic rings. The van der Waals surface area contributed by atoms with E-state index in [1.54, 1.807) is 12.4 Å². The highest BCUT2D eigenvalue weighted by atomic mass is 16.3. The molecule has 2 unspecified atom stereocenters. The van der Waals surface area contributed by atoms with Gasteiger partial charge < -0.3 is 9.67 Å². The molecule has 1 N–H and O–H groups in total. The van der Waals surface area contributed by atoms with Gasteiger partial charge in [0.25, 0.3) is 0 Å². The van der Waals surface area contributed by atoms with E-state index in [0.29, 0.717) is 6.54 Å². The second-order valence-electron chi connectivity index (χ2n) is 9.03. The van der Waals surface area contributed by atoms with Crippen LogP contribution in [0.1, 0.15) is 40.9 Å². The Kier molecular flexibility index (Phi) is 4.92. The van der Waals surface area contributed by atoms with E-state index >= 15 is 0 Å². The predicted molar refractivity (Wildman–Crippen MR) is 125 cm³/mol. The summed E-state index contributed by atoms with van der Waals surface area (Å²) in [5.41, 5.74) is 6.25. The van der Waals surface area contributed by atoms with Crippen LogP contribution in [0.3, 0.4) is 0 Å². The van der Waals surface area contributed by atoms with Gasteiger partial charge in [0.05, 0.1) is 12.6 Å². The molecule has 31 heavy (non-hydrogen) atoms. The fourth-order valence-corrected chi connectivity index (χ4v) is 5.06. The molecular weight excluding hydrogens is 382 g/mol. The first-order valence-electron chi connectivity index (χ1n) is 11.0. The van der Waals surface area contributed by atoms with Crippen molar-refractivity contribution < 1.29 is 5.11 Å². The Labute approximate surface area is 183 Å². The van der Waals surface area contributed by atoms with E-state index in [1.807, 2.05) is 19.1 Å². The minimum absolute atomic E-state index is 0.155. The zero-order valence-corrected chi connectivity index (χ0v) is 18.4. The second-order valence-corrected chi connectivity index (χ2v) is 9.03. The van der Waals surface area contributed by atoms with Gasteiger partial charge in [0.2, 0.25) is 0 Å². The maximum absolute atomic E-state index is 11.5. The molecule has 0 amide bonds. The third-order valence-corrected chi connectivity index (χ3v) is 6.65. The monoisotopic (exact) mass is 411 g/mol. The van der Waals surface area contributed by atoms with Crippen LogP contribution in [-0.2, 0) is 18.6 Å². The molecule has 0 spiro atoms. The van der Waals surface area contributed by atoms with Crippen LogP contribution in [0.4, 0.5) is 0 Å². The molecule has 1 aliphatic rings. The second kappa shape index (κ2) is 7.63. The Hall–Kier alpha value is -2.95. The number of aromatic nitrogens is 2. The van der Waals surface area contributed by atoms with Crippen molar-refractivity contribution in [2.24, 2.45) is 0 Å². The minimum atomic E-state index is -1.03. The van der Waals surface area contributed by atoms with Crippen LogP contribution in [-0.4, -0.2) is 33.1 Å². The third-order valence-electron chi connectivity index (χ3n) is 6.65. The van der Waals surface area contributed by atoms with Crippen molar-refractivity contribution in [1.29, 1.82) is 0 Å². The molecule has 4 nitrogen and oxygen atoms in total. The van der Waals surface area contributed by atoms with Gasteiger partial charge in [-0.15, -0.1) is 0 Å². The minimum Gasteiger partial charge on any atom is -0.384 e. The van der Waals surface area contributed by atoms with Gasteiger partial charge in [-0.25, -0.2) is 0 Å². The van der Waals surface area contributed by atoms with Crippen molar-refractivity contribution in [3.63, 3.8) is 0 Å². The van der Waals surface area contributed by atoms with Crippen LogP contribution < -0.4 is 0 Å². The molecule has 5 rings (SSSR count). The Morgan fingerprint density at radius 3 is 2.65 bits per heavy atom. The van der Waals surface area contributed by atoms with Gasteiger partial charge in [-0.05, 0) is 56.6 Å². The van der Waals surface area contributed by atoms with Crippen LogP contribution in [0.2, 0.25) is 0 Å². The fourth-order valence-electron chi connectivity index (χ4n) is 5.06. The Balaban J connectivity index is 1.74. The van der Waals surface area contributed by atoms with Crippen molar-refractivity contribution >= 4 is 10.9 Å². The highest BCUT2D eigenvalue weighted by Gasteiger charge is 2.34. The number of fused-ring (bicyclic) bond motifs is 3. The van der Waals surface area contributed by atoms with Gasteiger partial charge in [-0.1, -0.05) is 48.0 Å². The van der Waals surface area contributed by atoms with Crippen LogP contribution in [0.25, 0.3) is 10.9 Å². The summed E-state index contributed by atoms with van der Waals surface area (Å²) in [6.07, 6.45) is 4.52. The molecule has 0 aliphatic carbocycles. The molecule has 0 saturated heterocycles. The molecule has 4 heteroatoms. The molecule has 3 heterocycles. The standard InChI is InChI=1S/C27H29N3O/c1-19-11-12-24-23(16-19)22-13-15-29(3)25(20-8-5-4-6-9-20)26(22)30(24)18-27(2,31)21-10-7-14-28-17-21/h4-12,14,16-17,25,31H,13,15,18H2,1-3H3. The normalized spacial score (nSPS) is 18.6. The molecule has 0 bridgehead atoms. The van der Waals surface area contributed by atoms with E-state index in [9.17, 15) is 5.11 Å². The number of likely N-dealkylation sites (N-methyl/N-ethyl adjacent to an activating group) is 1. The topological polar surface area (TPSA) is 41.3 Å². The number of rotatable bonds is 4. The summed E-state index contributed by atoms with van der Waals surface area (Å²) in [5, 5.41) is 12.8. The predicted octanol–water partition coefficient (Wildman–Crippen LogP) is 4.83.